The Kier molecular flexibility index (Phi) is 7.80. The molecule has 0 saturated carbocycles. The fourth-order valence-corrected chi connectivity index (χ4v) is 5.25. The summed E-state index contributed by atoms with van der Waals surface area (Å²) in [4.78, 5) is 27.8. The molecule has 3 atom stereocenters. The summed E-state index contributed by atoms with van der Waals surface area (Å²) in [5.74, 6) is -0.0367. The lowest BCUT2D eigenvalue weighted by atomic mass is 9.84. The maximum atomic E-state index is 13.1. The molecule has 2 aliphatic heterocycles. The average molecular weight is 480 g/mol. The van der Waals surface area contributed by atoms with E-state index in [1.165, 1.54) is 0 Å². The highest BCUT2D eigenvalue weighted by Crippen LogP contribution is 2.32. The van der Waals surface area contributed by atoms with Gasteiger partial charge in [0.2, 0.25) is 5.91 Å². The van der Waals surface area contributed by atoms with Crippen LogP contribution in [0.1, 0.15) is 56.0 Å². The quantitative estimate of drug-likeness (QED) is 0.652. The van der Waals surface area contributed by atoms with Gasteiger partial charge in [-0.2, -0.15) is 0 Å². The Hall–Kier alpha value is -1.60. The molecule has 1 aromatic rings. The summed E-state index contributed by atoms with van der Waals surface area (Å²) in [5.41, 5.74) is 2.71. The number of nitrogens with zero attached hydrogens (tertiary/aromatic N) is 1. The van der Waals surface area contributed by atoms with E-state index in [4.69, 9.17) is 4.74 Å². The van der Waals surface area contributed by atoms with Gasteiger partial charge in [-0.1, -0.05) is 22.9 Å². The molecule has 166 valence electrons. The smallest absolute Gasteiger partial charge is 0.251 e. The summed E-state index contributed by atoms with van der Waals surface area (Å²) in [6.07, 6.45) is 2.92. The van der Waals surface area contributed by atoms with Gasteiger partial charge in [0.25, 0.3) is 5.91 Å². The lowest BCUT2D eigenvalue weighted by molar-refractivity contribution is -0.129. The number of rotatable bonds is 6. The molecule has 0 spiro atoms. The maximum absolute atomic E-state index is 13.1. The highest BCUT2D eigenvalue weighted by Gasteiger charge is 2.32. The Morgan fingerprint density at radius 2 is 2.00 bits per heavy atom. The third kappa shape index (κ3) is 5.17. The number of nitrogens with one attached hydrogen (secondary N) is 2. The third-order valence-corrected chi connectivity index (χ3v) is 6.95. The predicted octanol–water partition coefficient (Wildman–Crippen LogP) is 3.65. The fraction of sp³-hybridized carbons (Fsp3) is 0.652. The van der Waals surface area contributed by atoms with Crippen molar-refractivity contribution in [2.75, 3.05) is 31.2 Å². The van der Waals surface area contributed by atoms with Crippen LogP contribution >= 0.6 is 15.9 Å². The molecule has 2 amide bonds. The van der Waals surface area contributed by atoms with E-state index in [2.05, 4.69) is 51.4 Å². The first-order valence-electron chi connectivity index (χ1n) is 11.0. The molecule has 3 unspecified atom stereocenters. The standard InChI is InChI=1S/C23H34BrN3O3/c1-5-27(18-6-8-30-9-7-18)21-12-17(24)11-19(16(21)4)22(28)25-13-20-14(2)10-15(3)26-23(20)29/h11-12,14-15,18,20H,5-10,13H2,1-4H3,(H,25,28)(H,26,29). The first-order chi connectivity index (χ1) is 14.3. The van der Waals surface area contributed by atoms with Crippen molar-refractivity contribution in [3.05, 3.63) is 27.7 Å². The molecular formula is C23H34BrN3O3. The number of halogens is 1. The molecule has 6 nitrogen and oxygen atoms in total. The van der Waals surface area contributed by atoms with E-state index >= 15 is 0 Å². The van der Waals surface area contributed by atoms with Crippen molar-refractivity contribution in [3.8, 4) is 0 Å². The Morgan fingerprint density at radius 3 is 2.63 bits per heavy atom. The predicted molar refractivity (Wildman–Crippen MR) is 123 cm³/mol. The highest BCUT2D eigenvalue weighted by molar-refractivity contribution is 9.10. The number of anilines is 1. The number of hydrogen-bond donors (Lipinski definition) is 2. The van der Waals surface area contributed by atoms with Crippen molar-refractivity contribution in [3.63, 3.8) is 0 Å². The summed E-state index contributed by atoms with van der Waals surface area (Å²) in [5, 5.41) is 6.01. The van der Waals surface area contributed by atoms with E-state index < -0.39 is 0 Å². The van der Waals surface area contributed by atoms with Crippen molar-refractivity contribution < 1.29 is 14.3 Å². The molecule has 7 heteroatoms. The second kappa shape index (κ2) is 10.1. The van der Waals surface area contributed by atoms with Gasteiger partial charge in [-0.05, 0) is 63.6 Å². The van der Waals surface area contributed by atoms with Crippen LogP contribution < -0.4 is 15.5 Å². The summed E-state index contributed by atoms with van der Waals surface area (Å²) in [6.45, 7) is 11.1. The minimum atomic E-state index is -0.188. The molecular weight excluding hydrogens is 446 g/mol. The number of carbonyl (C=O) groups excluding carboxylic acids is 2. The Labute approximate surface area is 188 Å². The zero-order valence-electron chi connectivity index (χ0n) is 18.5. The van der Waals surface area contributed by atoms with Gasteiger partial charge in [-0.25, -0.2) is 0 Å². The summed E-state index contributed by atoms with van der Waals surface area (Å²) in [7, 11) is 0. The second-order valence-electron chi connectivity index (χ2n) is 8.67. The Morgan fingerprint density at radius 1 is 1.30 bits per heavy atom. The van der Waals surface area contributed by atoms with Gasteiger partial charge in [-0.15, -0.1) is 0 Å². The SMILES string of the molecule is CCN(c1cc(Br)cc(C(=O)NCC2C(=O)NC(C)CC2C)c1C)C1CCOCC1. The van der Waals surface area contributed by atoms with Gasteiger partial charge in [-0.3, -0.25) is 9.59 Å². The van der Waals surface area contributed by atoms with E-state index in [9.17, 15) is 9.59 Å². The topological polar surface area (TPSA) is 70.7 Å². The van der Waals surface area contributed by atoms with Crippen molar-refractivity contribution in [1.29, 1.82) is 0 Å². The number of ether oxygens (including phenoxy) is 1. The van der Waals surface area contributed by atoms with Crippen LogP contribution in [0.4, 0.5) is 5.69 Å². The lowest BCUT2D eigenvalue weighted by Crippen LogP contribution is -2.50. The van der Waals surface area contributed by atoms with Gasteiger partial charge >= 0.3 is 0 Å². The number of benzene rings is 1. The van der Waals surface area contributed by atoms with Crippen molar-refractivity contribution in [2.45, 2.75) is 59.0 Å². The zero-order chi connectivity index (χ0) is 21.8. The average Bonchev–Trinajstić information content (AvgIpc) is 2.70. The fourth-order valence-electron chi connectivity index (χ4n) is 4.80. The largest absolute Gasteiger partial charge is 0.381 e. The molecule has 0 aliphatic carbocycles. The van der Waals surface area contributed by atoms with Crippen molar-refractivity contribution >= 4 is 33.4 Å². The van der Waals surface area contributed by atoms with Gasteiger partial charge in [0, 0.05) is 54.1 Å². The van der Waals surface area contributed by atoms with Crippen LogP contribution in [-0.2, 0) is 9.53 Å². The summed E-state index contributed by atoms with van der Waals surface area (Å²) >= 11 is 3.59. The zero-order valence-corrected chi connectivity index (χ0v) is 20.0. The van der Waals surface area contributed by atoms with E-state index in [-0.39, 0.29) is 29.7 Å². The normalized spacial score (nSPS) is 25.0. The lowest BCUT2D eigenvalue weighted by Gasteiger charge is -2.36. The molecule has 0 bridgehead atoms. The van der Waals surface area contributed by atoms with Crippen molar-refractivity contribution in [1.82, 2.24) is 10.6 Å². The van der Waals surface area contributed by atoms with Gasteiger partial charge in [0.1, 0.15) is 0 Å². The van der Waals surface area contributed by atoms with Crippen LogP contribution in [0.5, 0.6) is 0 Å². The Balaban J connectivity index is 1.77. The molecule has 30 heavy (non-hydrogen) atoms. The van der Waals surface area contributed by atoms with Crippen LogP contribution in [0, 0.1) is 18.8 Å². The first-order valence-corrected chi connectivity index (χ1v) is 11.8. The Bertz CT molecular complexity index is 779. The molecule has 2 fully saturated rings. The van der Waals surface area contributed by atoms with Crippen molar-refractivity contribution in [2.24, 2.45) is 11.8 Å². The maximum Gasteiger partial charge on any atom is 0.251 e. The molecule has 2 aliphatic rings. The molecule has 0 radical (unpaired) electrons. The van der Waals surface area contributed by atoms with Crippen LogP contribution in [0.2, 0.25) is 0 Å². The molecule has 0 aromatic heterocycles. The van der Waals surface area contributed by atoms with E-state index in [1.54, 1.807) is 0 Å². The minimum absolute atomic E-state index is 0.0323. The number of piperidine rings is 1. The van der Waals surface area contributed by atoms with Crippen LogP contribution in [0.3, 0.4) is 0 Å². The first kappa shape index (κ1) is 23.1. The highest BCUT2D eigenvalue weighted by atomic mass is 79.9. The van der Waals surface area contributed by atoms with E-state index in [0.29, 0.717) is 18.2 Å². The van der Waals surface area contributed by atoms with E-state index in [0.717, 1.165) is 54.7 Å². The minimum Gasteiger partial charge on any atom is -0.381 e. The summed E-state index contributed by atoms with van der Waals surface area (Å²) < 4.78 is 6.41. The van der Waals surface area contributed by atoms with Crippen LogP contribution in [0.25, 0.3) is 0 Å². The third-order valence-electron chi connectivity index (χ3n) is 6.49. The molecule has 1 aromatic carbocycles. The van der Waals surface area contributed by atoms with Crippen LogP contribution in [0.15, 0.2) is 16.6 Å². The number of amides is 2. The van der Waals surface area contributed by atoms with Crippen LogP contribution in [-0.4, -0.2) is 50.2 Å². The molecule has 3 rings (SSSR count). The summed E-state index contributed by atoms with van der Waals surface area (Å²) in [6, 6.07) is 4.59. The molecule has 2 saturated heterocycles. The monoisotopic (exact) mass is 479 g/mol. The van der Waals surface area contributed by atoms with Gasteiger partial charge in [0.15, 0.2) is 0 Å². The van der Waals surface area contributed by atoms with Gasteiger partial charge in [0.05, 0.1) is 5.92 Å². The molecule has 2 N–H and O–H groups in total. The van der Waals surface area contributed by atoms with Gasteiger partial charge < -0.3 is 20.3 Å². The number of carbonyl (C=O) groups is 2. The second-order valence-corrected chi connectivity index (χ2v) is 9.58. The number of hydrogen-bond acceptors (Lipinski definition) is 4. The molecule has 2 heterocycles. The van der Waals surface area contributed by atoms with E-state index in [1.807, 2.05) is 19.9 Å².